The lowest BCUT2D eigenvalue weighted by Crippen LogP contribution is -2.14. The Hall–Kier alpha value is -2.21. The van der Waals surface area contributed by atoms with Gasteiger partial charge in [-0.3, -0.25) is 13.9 Å². The van der Waals surface area contributed by atoms with Gasteiger partial charge in [-0.05, 0) is 36.4 Å². The zero-order valence-electron chi connectivity index (χ0n) is 11.5. The molecule has 2 rings (SSSR count). The van der Waals surface area contributed by atoms with Crippen LogP contribution in [0.25, 0.3) is 0 Å². The van der Waals surface area contributed by atoms with E-state index in [1.807, 2.05) is 0 Å². The zero-order valence-corrected chi connectivity index (χ0v) is 13.1. The highest BCUT2D eigenvalue weighted by Gasteiger charge is 2.27. The van der Waals surface area contributed by atoms with Crippen LogP contribution in [-0.4, -0.2) is 31.7 Å². The van der Waals surface area contributed by atoms with Gasteiger partial charge < -0.3 is 0 Å². The minimum Gasteiger partial charge on any atom is -0.289 e. The maximum atomic E-state index is 13.2. The Labute approximate surface area is 135 Å². The van der Waals surface area contributed by atoms with E-state index in [2.05, 4.69) is 0 Å². The molecule has 0 bridgehead atoms. The highest BCUT2D eigenvalue weighted by Crippen LogP contribution is 2.25. The summed E-state index contributed by atoms with van der Waals surface area (Å²) >= 11 is 0. The van der Waals surface area contributed by atoms with Crippen molar-refractivity contribution in [2.45, 2.75) is 9.79 Å². The van der Waals surface area contributed by atoms with Crippen molar-refractivity contribution in [1.29, 1.82) is 0 Å². The lowest BCUT2D eigenvalue weighted by atomic mass is 10.0. The molecule has 0 spiro atoms. The number of hydrogen-bond acceptors (Lipinski definition) is 5. The van der Waals surface area contributed by atoms with Gasteiger partial charge in [0.05, 0.1) is 0 Å². The Morgan fingerprint density at radius 3 is 1.38 bits per heavy atom. The molecule has 2 aromatic rings. The van der Waals surface area contributed by atoms with Gasteiger partial charge in [0.1, 0.15) is 21.4 Å². The second-order valence-electron chi connectivity index (χ2n) is 4.56. The van der Waals surface area contributed by atoms with Crippen LogP contribution in [0.15, 0.2) is 46.2 Å². The third kappa shape index (κ3) is 3.64. The summed E-state index contributed by atoms with van der Waals surface area (Å²) in [6.07, 6.45) is 0. The van der Waals surface area contributed by atoms with Crippen molar-refractivity contribution < 1.29 is 39.5 Å². The normalized spacial score (nSPS) is 12.2. The first-order valence-corrected chi connectivity index (χ1v) is 8.88. The van der Waals surface area contributed by atoms with Crippen LogP contribution in [0.4, 0.5) is 8.78 Å². The Morgan fingerprint density at radius 1 is 0.750 bits per heavy atom. The van der Waals surface area contributed by atoms with Crippen molar-refractivity contribution in [3.8, 4) is 0 Å². The Kier molecular flexibility index (Phi) is 4.55. The van der Waals surface area contributed by atoms with Crippen LogP contribution in [0.3, 0.4) is 0 Å². The Balaban J connectivity index is 2.77. The molecule has 0 amide bonds. The molecule has 128 valence electrons. The third-order valence-corrected chi connectivity index (χ3v) is 4.72. The SMILES string of the molecule is O=C(c1ccc(F)cc1S(=O)(=O)O)c1ccc(F)cc1S(=O)(=O)O. The van der Waals surface area contributed by atoms with Crippen LogP contribution >= 0.6 is 0 Å². The second-order valence-corrected chi connectivity index (χ2v) is 7.34. The summed E-state index contributed by atoms with van der Waals surface area (Å²) in [6, 6.07) is 3.55. The van der Waals surface area contributed by atoms with Gasteiger partial charge in [-0.1, -0.05) is 0 Å². The molecule has 11 heteroatoms. The van der Waals surface area contributed by atoms with Gasteiger partial charge in [0.25, 0.3) is 20.2 Å². The predicted octanol–water partition coefficient (Wildman–Crippen LogP) is 1.69. The predicted molar refractivity (Wildman–Crippen MR) is 75.9 cm³/mol. The molecule has 0 aliphatic heterocycles. The van der Waals surface area contributed by atoms with Crippen molar-refractivity contribution in [3.05, 3.63) is 59.2 Å². The summed E-state index contributed by atoms with van der Waals surface area (Å²) in [7, 11) is -10.0. The van der Waals surface area contributed by atoms with E-state index in [1.165, 1.54) is 0 Å². The maximum Gasteiger partial charge on any atom is 0.295 e. The first-order valence-electron chi connectivity index (χ1n) is 6.00. The van der Waals surface area contributed by atoms with Crippen LogP contribution < -0.4 is 0 Å². The fourth-order valence-corrected chi connectivity index (χ4v) is 3.34. The van der Waals surface area contributed by atoms with Crippen molar-refractivity contribution in [2.75, 3.05) is 0 Å². The molecule has 0 unspecified atom stereocenters. The summed E-state index contributed by atoms with van der Waals surface area (Å²) in [6.45, 7) is 0. The standard InChI is InChI=1S/C13H8F2O7S2/c14-7-1-3-9(11(5-7)23(17,18)19)13(16)10-4-2-8(15)6-12(10)24(20,21)22/h1-6H,(H,17,18,19)(H,20,21,22). The number of halogens is 2. The summed E-state index contributed by atoms with van der Waals surface area (Å²) in [5.74, 6) is -3.43. The molecule has 0 fully saturated rings. The molecule has 0 aromatic heterocycles. The summed E-state index contributed by atoms with van der Waals surface area (Å²) < 4.78 is 89.7. The number of benzene rings is 2. The lowest BCUT2D eigenvalue weighted by Gasteiger charge is -2.09. The molecule has 0 saturated carbocycles. The second kappa shape index (κ2) is 6.02. The Morgan fingerprint density at radius 2 is 1.08 bits per heavy atom. The molecule has 0 aliphatic rings. The van der Waals surface area contributed by atoms with Crippen molar-refractivity contribution >= 4 is 26.0 Å². The lowest BCUT2D eigenvalue weighted by molar-refractivity contribution is 0.103. The average molecular weight is 378 g/mol. The third-order valence-electron chi connectivity index (χ3n) is 2.93. The molecule has 0 radical (unpaired) electrons. The highest BCUT2D eigenvalue weighted by molar-refractivity contribution is 7.86. The molecule has 24 heavy (non-hydrogen) atoms. The van der Waals surface area contributed by atoms with Gasteiger partial charge in [0, 0.05) is 11.1 Å². The van der Waals surface area contributed by atoms with E-state index in [0.29, 0.717) is 36.4 Å². The van der Waals surface area contributed by atoms with Gasteiger partial charge in [0.15, 0.2) is 5.78 Å². The molecular formula is C13H8F2O7S2. The number of rotatable bonds is 4. The molecule has 0 aliphatic carbocycles. The number of hydrogen-bond donors (Lipinski definition) is 2. The van der Waals surface area contributed by atoms with E-state index in [4.69, 9.17) is 9.11 Å². The minimum atomic E-state index is -5.01. The molecule has 2 aromatic carbocycles. The number of ketones is 1. The maximum absolute atomic E-state index is 13.2. The smallest absolute Gasteiger partial charge is 0.289 e. The molecule has 7 nitrogen and oxygen atoms in total. The van der Waals surface area contributed by atoms with E-state index in [0.717, 1.165) is 0 Å². The van der Waals surface area contributed by atoms with E-state index in [1.54, 1.807) is 0 Å². The molecular weight excluding hydrogens is 370 g/mol. The van der Waals surface area contributed by atoms with Gasteiger partial charge in [-0.25, -0.2) is 8.78 Å². The fourth-order valence-electron chi connectivity index (χ4n) is 1.94. The quantitative estimate of drug-likeness (QED) is 0.612. The first kappa shape index (κ1) is 18.1. The molecule has 0 heterocycles. The van der Waals surface area contributed by atoms with Gasteiger partial charge in [-0.15, -0.1) is 0 Å². The van der Waals surface area contributed by atoms with E-state index in [9.17, 15) is 30.4 Å². The summed E-state index contributed by atoms with van der Waals surface area (Å²) in [5, 5.41) is 0. The number of carbonyl (C=O) groups is 1. The monoisotopic (exact) mass is 378 g/mol. The van der Waals surface area contributed by atoms with E-state index in [-0.39, 0.29) is 0 Å². The van der Waals surface area contributed by atoms with E-state index < -0.39 is 58.6 Å². The average Bonchev–Trinajstić information content (AvgIpc) is 2.44. The first-order chi connectivity index (χ1) is 10.9. The van der Waals surface area contributed by atoms with Gasteiger partial charge >= 0.3 is 0 Å². The summed E-state index contributed by atoms with van der Waals surface area (Å²) in [4.78, 5) is 10.2. The largest absolute Gasteiger partial charge is 0.295 e. The van der Waals surface area contributed by atoms with Crippen molar-refractivity contribution in [3.63, 3.8) is 0 Å². The van der Waals surface area contributed by atoms with Crippen molar-refractivity contribution in [1.82, 2.24) is 0 Å². The van der Waals surface area contributed by atoms with Crippen molar-refractivity contribution in [2.24, 2.45) is 0 Å². The van der Waals surface area contributed by atoms with E-state index >= 15 is 0 Å². The summed E-state index contributed by atoms with van der Waals surface area (Å²) in [5.41, 5.74) is -1.51. The number of carbonyl (C=O) groups excluding carboxylic acids is 1. The van der Waals surface area contributed by atoms with Crippen LogP contribution in [0.5, 0.6) is 0 Å². The zero-order chi connectivity index (χ0) is 18.3. The van der Waals surface area contributed by atoms with Crippen LogP contribution in [0.2, 0.25) is 0 Å². The van der Waals surface area contributed by atoms with Crippen LogP contribution in [0, 0.1) is 11.6 Å². The fraction of sp³-hybridized carbons (Fsp3) is 0. The molecule has 0 saturated heterocycles. The Bertz CT molecular complexity index is 960. The minimum absolute atomic E-state index is 0.360. The highest BCUT2D eigenvalue weighted by atomic mass is 32.2. The van der Waals surface area contributed by atoms with Crippen LogP contribution in [-0.2, 0) is 20.2 Å². The van der Waals surface area contributed by atoms with Gasteiger partial charge in [0.2, 0.25) is 0 Å². The molecule has 0 atom stereocenters. The van der Waals surface area contributed by atoms with Crippen LogP contribution in [0.1, 0.15) is 15.9 Å². The van der Waals surface area contributed by atoms with Gasteiger partial charge in [-0.2, -0.15) is 16.8 Å². The topological polar surface area (TPSA) is 126 Å². The molecule has 2 N–H and O–H groups in total.